The van der Waals surface area contributed by atoms with Crippen molar-refractivity contribution in [3.05, 3.63) is 42.5 Å². The lowest BCUT2D eigenvalue weighted by molar-refractivity contribution is -0.135. The number of rotatable bonds is 4. The number of fused-ring (bicyclic) bond motifs is 1. The van der Waals surface area contributed by atoms with E-state index in [1.54, 1.807) is 4.90 Å². The fourth-order valence-electron chi connectivity index (χ4n) is 4.81. The van der Waals surface area contributed by atoms with Gasteiger partial charge in [0.05, 0.1) is 5.69 Å². The topological polar surface area (TPSA) is 69.7 Å². The number of nitrogens with one attached hydrogen (secondary N) is 1. The molecule has 0 atom stereocenters. The third kappa shape index (κ3) is 3.66. The van der Waals surface area contributed by atoms with Crippen molar-refractivity contribution >= 4 is 34.3 Å². The number of carbonyl (C=O) groups excluding carboxylic acids is 3. The predicted octanol–water partition coefficient (Wildman–Crippen LogP) is 4.23. The number of benzene rings is 2. The molecule has 1 saturated carbocycles. The van der Waals surface area contributed by atoms with Crippen molar-refractivity contribution < 1.29 is 14.4 Å². The first-order chi connectivity index (χ1) is 14.6. The largest absolute Gasteiger partial charge is 0.325 e. The molecule has 1 saturated heterocycles. The third-order valence-electron chi connectivity index (χ3n) is 6.42. The van der Waals surface area contributed by atoms with E-state index >= 15 is 0 Å². The highest BCUT2D eigenvalue weighted by molar-refractivity contribution is 6.11. The normalized spacial score (nSPS) is 18.9. The lowest BCUT2D eigenvalue weighted by Crippen LogP contribution is -2.48. The molecule has 0 radical (unpaired) electrons. The van der Waals surface area contributed by atoms with Gasteiger partial charge in [-0.1, -0.05) is 68.5 Å². The average molecular weight is 408 g/mol. The van der Waals surface area contributed by atoms with Crippen LogP contribution in [0.1, 0.15) is 51.9 Å². The fraction of sp³-hybridized carbons (Fsp3) is 0.458. The summed E-state index contributed by atoms with van der Waals surface area (Å²) in [7, 11) is 0. The molecule has 0 unspecified atom stereocenters. The number of nitrogens with zero attached hydrogens (tertiary/aromatic N) is 2. The zero-order valence-corrected chi connectivity index (χ0v) is 17.5. The fourth-order valence-corrected chi connectivity index (χ4v) is 4.81. The van der Waals surface area contributed by atoms with Gasteiger partial charge in [0.25, 0.3) is 5.91 Å². The van der Waals surface area contributed by atoms with E-state index in [1.165, 1.54) is 6.42 Å². The molecule has 6 heteroatoms. The van der Waals surface area contributed by atoms with Gasteiger partial charge in [-0.25, -0.2) is 4.79 Å². The molecule has 30 heavy (non-hydrogen) atoms. The molecular weight excluding hydrogens is 378 g/mol. The summed E-state index contributed by atoms with van der Waals surface area (Å²) < 4.78 is 0. The minimum Gasteiger partial charge on any atom is -0.323 e. The van der Waals surface area contributed by atoms with Gasteiger partial charge < -0.3 is 10.2 Å². The van der Waals surface area contributed by atoms with Crippen LogP contribution in [0, 0.1) is 0 Å². The molecule has 0 aromatic heterocycles. The minimum absolute atomic E-state index is 0.233. The first kappa shape index (κ1) is 20.4. The number of imide groups is 1. The SMILES string of the molecule is CCN(C(=O)CN1C(=O)NC2(CCCCCCC2)C1=O)c1cccc2ccccc12. The van der Waals surface area contributed by atoms with E-state index in [4.69, 9.17) is 0 Å². The van der Waals surface area contributed by atoms with Gasteiger partial charge in [0, 0.05) is 11.9 Å². The Kier molecular flexibility index (Phi) is 5.75. The molecule has 2 aromatic carbocycles. The summed E-state index contributed by atoms with van der Waals surface area (Å²) in [4.78, 5) is 41.9. The van der Waals surface area contributed by atoms with Crippen LogP contribution in [0.5, 0.6) is 0 Å². The lowest BCUT2D eigenvalue weighted by atomic mass is 9.84. The van der Waals surface area contributed by atoms with E-state index in [0.717, 1.165) is 47.0 Å². The molecule has 2 aliphatic rings. The van der Waals surface area contributed by atoms with E-state index in [0.29, 0.717) is 19.4 Å². The molecule has 1 heterocycles. The highest BCUT2D eigenvalue weighted by atomic mass is 16.2. The summed E-state index contributed by atoms with van der Waals surface area (Å²) in [5, 5.41) is 4.96. The van der Waals surface area contributed by atoms with Gasteiger partial charge in [-0.15, -0.1) is 0 Å². The molecule has 1 aliphatic carbocycles. The number of hydrogen-bond donors (Lipinski definition) is 1. The molecule has 2 fully saturated rings. The second-order valence-corrected chi connectivity index (χ2v) is 8.31. The summed E-state index contributed by atoms with van der Waals surface area (Å²) in [5.41, 5.74) is -0.0258. The number of hydrogen-bond acceptors (Lipinski definition) is 3. The molecule has 0 bridgehead atoms. The van der Waals surface area contributed by atoms with Gasteiger partial charge in [0.1, 0.15) is 12.1 Å². The van der Waals surface area contributed by atoms with E-state index in [1.807, 2.05) is 49.4 Å². The predicted molar refractivity (Wildman–Crippen MR) is 117 cm³/mol. The molecule has 1 aliphatic heterocycles. The molecule has 6 nitrogen and oxygen atoms in total. The summed E-state index contributed by atoms with van der Waals surface area (Å²) in [5.74, 6) is -0.489. The van der Waals surface area contributed by atoms with Crippen molar-refractivity contribution in [2.45, 2.75) is 57.4 Å². The third-order valence-corrected chi connectivity index (χ3v) is 6.42. The van der Waals surface area contributed by atoms with E-state index in [-0.39, 0.29) is 18.4 Å². The Balaban J connectivity index is 1.56. The summed E-state index contributed by atoms with van der Waals surface area (Å²) in [6.45, 7) is 2.13. The maximum Gasteiger partial charge on any atom is 0.325 e. The van der Waals surface area contributed by atoms with Crippen LogP contribution in [0.15, 0.2) is 42.5 Å². The van der Waals surface area contributed by atoms with Gasteiger partial charge in [0.15, 0.2) is 0 Å². The second kappa shape index (κ2) is 8.46. The maximum absolute atomic E-state index is 13.2. The van der Waals surface area contributed by atoms with Gasteiger partial charge in [0.2, 0.25) is 5.91 Å². The van der Waals surface area contributed by atoms with E-state index in [2.05, 4.69) is 5.32 Å². The minimum atomic E-state index is -0.825. The van der Waals surface area contributed by atoms with Crippen LogP contribution < -0.4 is 10.2 Å². The first-order valence-corrected chi connectivity index (χ1v) is 11.0. The Labute approximate surface area is 177 Å². The Morgan fingerprint density at radius 1 is 1.00 bits per heavy atom. The standard InChI is InChI=1S/C24H29N3O3/c1-2-26(20-14-10-12-18-11-6-7-13-19(18)20)21(28)17-27-22(29)24(25-23(27)30)15-8-4-3-5-9-16-24/h6-7,10-14H,2-5,8-9,15-17H2,1H3,(H,25,30). The van der Waals surface area contributed by atoms with Crippen LogP contribution in [0.25, 0.3) is 10.8 Å². The molecule has 4 amide bonds. The van der Waals surface area contributed by atoms with Crippen LogP contribution in [0.4, 0.5) is 10.5 Å². The number of anilines is 1. The van der Waals surface area contributed by atoms with Crippen molar-refractivity contribution in [2.75, 3.05) is 18.0 Å². The highest BCUT2D eigenvalue weighted by Crippen LogP contribution is 2.32. The van der Waals surface area contributed by atoms with Crippen LogP contribution >= 0.6 is 0 Å². The Morgan fingerprint density at radius 3 is 2.40 bits per heavy atom. The molecule has 1 N–H and O–H groups in total. The highest BCUT2D eigenvalue weighted by Gasteiger charge is 2.51. The number of carbonyl (C=O) groups is 3. The van der Waals surface area contributed by atoms with Gasteiger partial charge in [-0.05, 0) is 31.2 Å². The molecule has 1 spiro atoms. The van der Waals surface area contributed by atoms with Crippen LogP contribution in [-0.2, 0) is 9.59 Å². The summed E-state index contributed by atoms with van der Waals surface area (Å²) in [6, 6.07) is 13.3. The smallest absolute Gasteiger partial charge is 0.323 e. The van der Waals surface area contributed by atoms with Crippen LogP contribution in [0.3, 0.4) is 0 Å². The molecular formula is C24H29N3O3. The average Bonchev–Trinajstić information content (AvgIpc) is 2.96. The summed E-state index contributed by atoms with van der Waals surface area (Å²) in [6.07, 6.45) is 6.49. The van der Waals surface area contributed by atoms with Crippen molar-refractivity contribution in [2.24, 2.45) is 0 Å². The Morgan fingerprint density at radius 2 is 1.67 bits per heavy atom. The quantitative estimate of drug-likeness (QED) is 0.771. The number of urea groups is 1. The Bertz CT molecular complexity index is 958. The number of likely N-dealkylation sites (N-methyl/N-ethyl adjacent to an activating group) is 1. The van der Waals surface area contributed by atoms with Gasteiger partial charge in [-0.2, -0.15) is 0 Å². The van der Waals surface area contributed by atoms with E-state index < -0.39 is 11.6 Å². The monoisotopic (exact) mass is 407 g/mol. The summed E-state index contributed by atoms with van der Waals surface area (Å²) >= 11 is 0. The lowest BCUT2D eigenvalue weighted by Gasteiger charge is -2.29. The molecule has 2 aromatic rings. The zero-order valence-electron chi connectivity index (χ0n) is 17.5. The zero-order chi connectivity index (χ0) is 21.1. The van der Waals surface area contributed by atoms with Crippen molar-refractivity contribution in [3.8, 4) is 0 Å². The maximum atomic E-state index is 13.2. The van der Waals surface area contributed by atoms with Crippen molar-refractivity contribution in [1.29, 1.82) is 0 Å². The number of amides is 4. The first-order valence-electron chi connectivity index (χ1n) is 11.0. The van der Waals surface area contributed by atoms with Gasteiger partial charge in [-0.3, -0.25) is 14.5 Å². The Hall–Kier alpha value is -2.89. The van der Waals surface area contributed by atoms with E-state index in [9.17, 15) is 14.4 Å². The van der Waals surface area contributed by atoms with Crippen molar-refractivity contribution in [3.63, 3.8) is 0 Å². The van der Waals surface area contributed by atoms with Crippen LogP contribution in [0.2, 0.25) is 0 Å². The second-order valence-electron chi connectivity index (χ2n) is 8.31. The van der Waals surface area contributed by atoms with Crippen LogP contribution in [-0.4, -0.2) is 41.4 Å². The van der Waals surface area contributed by atoms with Crippen molar-refractivity contribution in [1.82, 2.24) is 10.2 Å². The van der Waals surface area contributed by atoms with Gasteiger partial charge >= 0.3 is 6.03 Å². The molecule has 158 valence electrons. The molecule has 4 rings (SSSR count).